The molecular weight excluding hydrogens is 169 g/mol. The molecule has 0 aliphatic heterocycles. The van der Waals surface area contributed by atoms with Gasteiger partial charge in [0.05, 0.1) is 7.11 Å². The number of hydrogen-bond donors (Lipinski definition) is 1. The molecule has 0 saturated carbocycles. The Balaban J connectivity index is 2.60. The van der Waals surface area contributed by atoms with Gasteiger partial charge in [-0.15, -0.1) is 0 Å². The van der Waals surface area contributed by atoms with E-state index in [-0.39, 0.29) is 11.9 Å². The highest BCUT2D eigenvalue weighted by molar-refractivity contribution is 5.46. The minimum absolute atomic E-state index is 0.0688. The molecule has 0 bridgehead atoms. The van der Waals surface area contributed by atoms with Crippen molar-refractivity contribution >= 4 is 0 Å². The largest absolute Gasteiger partial charge is 0.493 e. The highest BCUT2D eigenvalue weighted by Gasteiger charge is 2.25. The van der Waals surface area contributed by atoms with E-state index in [1.165, 1.54) is 13.2 Å². The molecule has 2 rings (SSSR count). The van der Waals surface area contributed by atoms with Crippen molar-refractivity contribution in [2.75, 3.05) is 7.11 Å². The Bertz CT molecular complexity index is 338. The van der Waals surface area contributed by atoms with Crippen LogP contribution in [0, 0.1) is 5.82 Å². The lowest BCUT2D eigenvalue weighted by atomic mass is 10.1. The van der Waals surface area contributed by atoms with E-state index >= 15 is 0 Å². The molecular formula is C10H12FNO. The van der Waals surface area contributed by atoms with Crippen LogP contribution in [0.3, 0.4) is 0 Å². The highest BCUT2D eigenvalue weighted by Crippen LogP contribution is 2.37. The molecule has 1 unspecified atom stereocenters. The molecule has 0 radical (unpaired) electrons. The van der Waals surface area contributed by atoms with Crippen molar-refractivity contribution in [3.63, 3.8) is 0 Å². The van der Waals surface area contributed by atoms with Crippen molar-refractivity contribution in [3.8, 4) is 5.75 Å². The summed E-state index contributed by atoms with van der Waals surface area (Å²) in [4.78, 5) is 0. The predicted octanol–water partition coefficient (Wildman–Crippen LogP) is 1.78. The van der Waals surface area contributed by atoms with Crippen LogP contribution in [0.1, 0.15) is 23.6 Å². The van der Waals surface area contributed by atoms with Crippen LogP contribution in [0.25, 0.3) is 0 Å². The van der Waals surface area contributed by atoms with Gasteiger partial charge < -0.3 is 10.5 Å². The zero-order valence-electron chi connectivity index (χ0n) is 7.51. The molecule has 1 aromatic carbocycles. The smallest absolute Gasteiger partial charge is 0.165 e. The monoisotopic (exact) mass is 181 g/mol. The van der Waals surface area contributed by atoms with E-state index in [4.69, 9.17) is 10.5 Å². The molecule has 0 aromatic heterocycles. The molecule has 0 heterocycles. The standard InChI is InChI=1S/C10H12FNO/c1-13-10-7(11)4-2-6-3-5-8(12)9(6)10/h2,4,8H,3,5,12H2,1H3. The SMILES string of the molecule is COc1c(F)ccc2c1C(N)CC2. The molecule has 2 N–H and O–H groups in total. The van der Waals surface area contributed by atoms with Crippen molar-refractivity contribution in [1.29, 1.82) is 0 Å². The minimum Gasteiger partial charge on any atom is -0.493 e. The summed E-state index contributed by atoms with van der Waals surface area (Å²) in [5.41, 5.74) is 7.81. The molecule has 0 amide bonds. The summed E-state index contributed by atoms with van der Waals surface area (Å²) in [6, 6.07) is 3.16. The summed E-state index contributed by atoms with van der Waals surface area (Å²) in [5, 5.41) is 0. The Morgan fingerprint density at radius 2 is 2.31 bits per heavy atom. The van der Waals surface area contributed by atoms with Crippen molar-refractivity contribution < 1.29 is 9.13 Å². The molecule has 3 heteroatoms. The molecule has 0 spiro atoms. The van der Waals surface area contributed by atoms with Crippen LogP contribution in [-0.2, 0) is 6.42 Å². The maximum Gasteiger partial charge on any atom is 0.165 e. The quantitative estimate of drug-likeness (QED) is 0.716. The van der Waals surface area contributed by atoms with Gasteiger partial charge in [0, 0.05) is 11.6 Å². The van der Waals surface area contributed by atoms with Gasteiger partial charge in [-0.1, -0.05) is 6.07 Å². The van der Waals surface area contributed by atoms with Crippen molar-refractivity contribution in [2.45, 2.75) is 18.9 Å². The zero-order chi connectivity index (χ0) is 9.42. The number of aryl methyl sites for hydroxylation is 1. The second-order valence-electron chi connectivity index (χ2n) is 3.30. The third-order valence-corrected chi connectivity index (χ3v) is 2.54. The van der Waals surface area contributed by atoms with Gasteiger partial charge in [-0.25, -0.2) is 4.39 Å². The van der Waals surface area contributed by atoms with Gasteiger partial charge >= 0.3 is 0 Å². The number of methoxy groups -OCH3 is 1. The number of fused-ring (bicyclic) bond motifs is 1. The predicted molar refractivity (Wildman–Crippen MR) is 48.2 cm³/mol. The van der Waals surface area contributed by atoms with E-state index in [1.54, 1.807) is 6.07 Å². The van der Waals surface area contributed by atoms with Gasteiger partial charge in [0.15, 0.2) is 11.6 Å². The zero-order valence-corrected chi connectivity index (χ0v) is 7.51. The number of benzene rings is 1. The first-order chi connectivity index (χ1) is 6.24. The Hall–Kier alpha value is -1.09. The average Bonchev–Trinajstić information content (AvgIpc) is 2.49. The number of ether oxygens (including phenoxy) is 1. The van der Waals surface area contributed by atoms with Crippen LogP contribution in [-0.4, -0.2) is 7.11 Å². The number of halogens is 1. The van der Waals surface area contributed by atoms with Crippen molar-refractivity contribution in [1.82, 2.24) is 0 Å². The number of hydrogen-bond acceptors (Lipinski definition) is 2. The Kier molecular flexibility index (Phi) is 1.96. The minimum atomic E-state index is -0.321. The molecule has 1 aliphatic carbocycles. The first kappa shape index (κ1) is 8.51. The molecule has 2 nitrogen and oxygen atoms in total. The van der Waals surface area contributed by atoms with Crippen LogP contribution in [0.15, 0.2) is 12.1 Å². The second kappa shape index (κ2) is 3.00. The van der Waals surface area contributed by atoms with Gasteiger partial charge in [0.1, 0.15) is 0 Å². The fourth-order valence-corrected chi connectivity index (χ4v) is 1.90. The van der Waals surface area contributed by atoms with Gasteiger partial charge in [-0.2, -0.15) is 0 Å². The van der Waals surface area contributed by atoms with E-state index < -0.39 is 0 Å². The lowest BCUT2D eigenvalue weighted by molar-refractivity contribution is 0.379. The van der Waals surface area contributed by atoms with Crippen molar-refractivity contribution in [3.05, 3.63) is 29.1 Å². The van der Waals surface area contributed by atoms with Gasteiger partial charge in [0.25, 0.3) is 0 Å². The molecule has 13 heavy (non-hydrogen) atoms. The molecule has 0 fully saturated rings. The first-order valence-corrected chi connectivity index (χ1v) is 4.35. The maximum absolute atomic E-state index is 13.2. The lowest BCUT2D eigenvalue weighted by Gasteiger charge is -2.11. The fraction of sp³-hybridized carbons (Fsp3) is 0.400. The molecule has 1 aromatic rings. The molecule has 70 valence electrons. The summed E-state index contributed by atoms with van der Waals surface area (Å²) in [6.45, 7) is 0. The van der Waals surface area contributed by atoms with E-state index in [0.29, 0.717) is 5.75 Å². The number of rotatable bonds is 1. The van der Waals surface area contributed by atoms with Crippen LogP contribution < -0.4 is 10.5 Å². The Morgan fingerprint density at radius 1 is 1.54 bits per heavy atom. The Labute approximate surface area is 76.5 Å². The third kappa shape index (κ3) is 1.20. The molecule has 1 atom stereocenters. The van der Waals surface area contributed by atoms with E-state index in [0.717, 1.165) is 24.0 Å². The van der Waals surface area contributed by atoms with Crippen LogP contribution in [0.2, 0.25) is 0 Å². The summed E-state index contributed by atoms with van der Waals surface area (Å²) in [6.07, 6.45) is 1.81. The second-order valence-corrected chi connectivity index (χ2v) is 3.30. The Morgan fingerprint density at radius 3 is 3.00 bits per heavy atom. The molecule has 1 aliphatic rings. The summed E-state index contributed by atoms with van der Waals surface area (Å²) in [7, 11) is 1.48. The normalized spacial score (nSPS) is 20.1. The maximum atomic E-state index is 13.2. The van der Waals surface area contributed by atoms with Crippen molar-refractivity contribution in [2.24, 2.45) is 5.73 Å². The fourth-order valence-electron chi connectivity index (χ4n) is 1.90. The van der Waals surface area contributed by atoms with Gasteiger partial charge in [0.2, 0.25) is 0 Å². The van der Waals surface area contributed by atoms with Crippen LogP contribution in [0.4, 0.5) is 4.39 Å². The van der Waals surface area contributed by atoms with Gasteiger partial charge in [-0.3, -0.25) is 0 Å². The highest BCUT2D eigenvalue weighted by atomic mass is 19.1. The van der Waals surface area contributed by atoms with Gasteiger partial charge in [-0.05, 0) is 24.5 Å². The summed E-state index contributed by atoms with van der Waals surface area (Å²) < 4.78 is 18.2. The van der Waals surface area contributed by atoms with Crippen LogP contribution in [0.5, 0.6) is 5.75 Å². The van der Waals surface area contributed by atoms with E-state index in [2.05, 4.69) is 0 Å². The lowest BCUT2D eigenvalue weighted by Crippen LogP contribution is -2.08. The summed E-state index contributed by atoms with van der Waals surface area (Å²) >= 11 is 0. The first-order valence-electron chi connectivity index (χ1n) is 4.35. The summed E-state index contributed by atoms with van der Waals surface area (Å²) in [5.74, 6) is 0.00102. The van der Waals surface area contributed by atoms with E-state index in [1.807, 2.05) is 0 Å². The van der Waals surface area contributed by atoms with E-state index in [9.17, 15) is 4.39 Å². The number of nitrogens with two attached hydrogens (primary N) is 1. The third-order valence-electron chi connectivity index (χ3n) is 2.54. The topological polar surface area (TPSA) is 35.2 Å². The van der Waals surface area contributed by atoms with Crippen LogP contribution >= 0.6 is 0 Å². The molecule has 0 saturated heterocycles. The average molecular weight is 181 g/mol.